The maximum atomic E-state index is 14.0. The third-order valence-corrected chi connectivity index (χ3v) is 3.51. The zero-order chi connectivity index (χ0) is 14.3. The number of hydrogen-bond donors (Lipinski definition) is 0. The number of carbonyl (C=O) groups is 1. The first-order valence-corrected chi connectivity index (χ1v) is 6.44. The second kappa shape index (κ2) is 4.60. The van der Waals surface area contributed by atoms with Gasteiger partial charge in [-0.15, -0.1) is 0 Å². The maximum Gasteiger partial charge on any atom is 0.236 e. The first kappa shape index (κ1) is 12.6. The van der Waals surface area contributed by atoms with Crippen molar-refractivity contribution in [3.8, 4) is 0 Å². The highest BCUT2D eigenvalue weighted by molar-refractivity contribution is 6.07. The van der Waals surface area contributed by atoms with Crippen molar-refractivity contribution in [3.63, 3.8) is 0 Å². The Hall–Kier alpha value is -2.42. The molecule has 0 fully saturated rings. The lowest BCUT2D eigenvalue weighted by atomic mass is 10.1. The first-order valence-electron chi connectivity index (χ1n) is 6.44. The minimum atomic E-state index is -0.385. The molecule has 3 heteroatoms. The van der Waals surface area contributed by atoms with Crippen molar-refractivity contribution in [1.82, 2.24) is 0 Å². The Morgan fingerprint density at radius 2 is 2.00 bits per heavy atom. The van der Waals surface area contributed by atoms with Crippen LogP contribution in [0.25, 0.3) is 6.08 Å². The quantitative estimate of drug-likeness (QED) is 0.805. The van der Waals surface area contributed by atoms with Gasteiger partial charge in [0.1, 0.15) is 5.82 Å². The van der Waals surface area contributed by atoms with E-state index in [1.165, 1.54) is 11.0 Å². The van der Waals surface area contributed by atoms with Gasteiger partial charge in [0.25, 0.3) is 0 Å². The van der Waals surface area contributed by atoms with Crippen LogP contribution in [-0.4, -0.2) is 5.91 Å². The Labute approximate surface area is 117 Å². The van der Waals surface area contributed by atoms with Gasteiger partial charge in [0, 0.05) is 0 Å². The van der Waals surface area contributed by atoms with Gasteiger partial charge in [0.2, 0.25) is 5.91 Å². The minimum absolute atomic E-state index is 0.106. The number of nitrogens with zero attached hydrogens (tertiary/aromatic N) is 1. The molecule has 0 radical (unpaired) electrons. The van der Waals surface area contributed by atoms with Gasteiger partial charge >= 0.3 is 0 Å². The van der Waals surface area contributed by atoms with Crippen molar-refractivity contribution < 1.29 is 9.18 Å². The van der Waals surface area contributed by atoms with E-state index in [2.05, 4.69) is 6.58 Å². The Bertz CT molecular complexity index is 721. The summed E-state index contributed by atoms with van der Waals surface area (Å²) in [4.78, 5) is 13.7. The summed E-state index contributed by atoms with van der Waals surface area (Å²) in [6, 6.07) is 10.4. The number of rotatable bonds is 2. The molecule has 0 saturated carbocycles. The summed E-state index contributed by atoms with van der Waals surface area (Å²) in [5, 5.41) is 0. The Morgan fingerprint density at radius 3 is 2.75 bits per heavy atom. The van der Waals surface area contributed by atoms with Gasteiger partial charge in [-0.25, -0.2) is 4.39 Å². The monoisotopic (exact) mass is 267 g/mol. The Morgan fingerprint density at radius 1 is 1.20 bits per heavy atom. The number of hydrogen-bond acceptors (Lipinski definition) is 1. The van der Waals surface area contributed by atoms with E-state index < -0.39 is 0 Å². The van der Waals surface area contributed by atoms with Crippen LogP contribution in [0.4, 0.5) is 15.8 Å². The fourth-order valence-corrected chi connectivity index (χ4v) is 2.53. The number of halogens is 1. The molecule has 1 aliphatic heterocycles. The molecular formula is C17H14FNO. The summed E-state index contributed by atoms with van der Waals surface area (Å²) in [6.07, 6.45) is 2.03. The number of amides is 1. The van der Waals surface area contributed by atoms with E-state index in [0.29, 0.717) is 12.1 Å². The summed E-state index contributed by atoms with van der Waals surface area (Å²) >= 11 is 0. The molecule has 0 bridgehead atoms. The van der Waals surface area contributed by atoms with E-state index in [1.807, 2.05) is 25.1 Å². The van der Waals surface area contributed by atoms with Crippen molar-refractivity contribution in [2.24, 2.45) is 0 Å². The Kier molecular flexibility index (Phi) is 2.90. The van der Waals surface area contributed by atoms with Crippen molar-refractivity contribution in [2.45, 2.75) is 13.3 Å². The number of aryl methyl sites for hydroxylation is 1. The fourth-order valence-electron chi connectivity index (χ4n) is 2.53. The van der Waals surface area contributed by atoms with Crippen LogP contribution in [0.2, 0.25) is 0 Å². The van der Waals surface area contributed by atoms with Gasteiger partial charge in [0.05, 0.1) is 17.8 Å². The number of fused-ring (bicyclic) bond motifs is 1. The van der Waals surface area contributed by atoms with Crippen molar-refractivity contribution in [3.05, 3.63) is 65.5 Å². The molecule has 0 aliphatic carbocycles. The summed E-state index contributed by atoms with van der Waals surface area (Å²) < 4.78 is 14.0. The summed E-state index contributed by atoms with van der Waals surface area (Å²) in [5.74, 6) is -0.490. The zero-order valence-corrected chi connectivity index (χ0v) is 11.2. The normalized spacial score (nSPS) is 13.5. The topological polar surface area (TPSA) is 20.3 Å². The van der Waals surface area contributed by atoms with Gasteiger partial charge in [-0.1, -0.05) is 24.8 Å². The van der Waals surface area contributed by atoms with Crippen LogP contribution in [-0.2, 0) is 11.2 Å². The van der Waals surface area contributed by atoms with Crippen LogP contribution in [0.5, 0.6) is 0 Å². The van der Waals surface area contributed by atoms with Crippen LogP contribution in [0, 0.1) is 12.7 Å². The lowest BCUT2D eigenvalue weighted by Crippen LogP contribution is -2.22. The molecule has 1 amide bonds. The average Bonchev–Trinajstić information content (AvgIpc) is 2.76. The largest absolute Gasteiger partial charge is 0.278 e. The molecule has 0 atom stereocenters. The van der Waals surface area contributed by atoms with E-state index in [4.69, 9.17) is 0 Å². The third-order valence-electron chi connectivity index (χ3n) is 3.51. The van der Waals surface area contributed by atoms with Crippen molar-refractivity contribution in [1.29, 1.82) is 0 Å². The van der Waals surface area contributed by atoms with Gasteiger partial charge in [-0.3, -0.25) is 9.69 Å². The number of anilines is 2. The second-order valence-corrected chi connectivity index (χ2v) is 4.95. The predicted molar refractivity (Wildman–Crippen MR) is 78.5 cm³/mol. The highest BCUT2D eigenvalue weighted by atomic mass is 19.1. The molecular weight excluding hydrogens is 253 g/mol. The minimum Gasteiger partial charge on any atom is -0.278 e. The molecule has 0 spiro atoms. The lowest BCUT2D eigenvalue weighted by molar-refractivity contribution is -0.116. The summed E-state index contributed by atoms with van der Waals surface area (Å²) in [6.45, 7) is 5.60. The second-order valence-electron chi connectivity index (χ2n) is 4.95. The smallest absolute Gasteiger partial charge is 0.236 e. The number of carbonyl (C=O) groups excluding carboxylic acids is 1. The van der Waals surface area contributed by atoms with Crippen molar-refractivity contribution in [2.75, 3.05) is 4.90 Å². The maximum absolute atomic E-state index is 14.0. The van der Waals surface area contributed by atoms with E-state index in [1.54, 1.807) is 18.2 Å². The van der Waals surface area contributed by atoms with Crippen LogP contribution >= 0.6 is 0 Å². The zero-order valence-electron chi connectivity index (χ0n) is 11.2. The highest BCUT2D eigenvalue weighted by Crippen LogP contribution is 2.37. The molecule has 0 saturated heterocycles. The first-order chi connectivity index (χ1) is 9.60. The third kappa shape index (κ3) is 1.92. The molecule has 0 unspecified atom stereocenters. The molecule has 100 valence electrons. The van der Waals surface area contributed by atoms with Gasteiger partial charge < -0.3 is 0 Å². The van der Waals surface area contributed by atoms with Crippen LogP contribution in [0.3, 0.4) is 0 Å². The average molecular weight is 267 g/mol. The molecule has 1 aliphatic rings. The predicted octanol–water partition coefficient (Wildman–Crippen LogP) is 4.00. The van der Waals surface area contributed by atoms with Gasteiger partial charge in [-0.05, 0) is 47.9 Å². The standard InChI is InChI=1S/C17H14FNO/c1-3-12-5-7-15-13(9-12)10-17(20)19(15)16-8-11(2)4-6-14(16)18/h3-9H,1,10H2,2H3. The molecule has 0 aromatic heterocycles. The van der Waals surface area contributed by atoms with Crippen molar-refractivity contribution >= 4 is 23.4 Å². The van der Waals surface area contributed by atoms with E-state index in [-0.39, 0.29) is 11.7 Å². The fraction of sp³-hybridized carbons (Fsp3) is 0.118. The van der Waals surface area contributed by atoms with Gasteiger partial charge in [-0.2, -0.15) is 0 Å². The van der Waals surface area contributed by atoms with Crippen LogP contribution in [0.1, 0.15) is 16.7 Å². The summed E-state index contributed by atoms with van der Waals surface area (Å²) in [7, 11) is 0. The SMILES string of the molecule is C=Cc1ccc2c(c1)CC(=O)N2c1cc(C)ccc1F. The van der Waals surface area contributed by atoms with Crippen LogP contribution < -0.4 is 4.90 Å². The highest BCUT2D eigenvalue weighted by Gasteiger charge is 2.30. The molecule has 20 heavy (non-hydrogen) atoms. The number of benzene rings is 2. The molecule has 2 nitrogen and oxygen atoms in total. The molecule has 1 heterocycles. The van der Waals surface area contributed by atoms with Crippen LogP contribution in [0.15, 0.2) is 43.0 Å². The summed E-state index contributed by atoms with van der Waals surface area (Å²) in [5.41, 5.74) is 3.87. The van der Waals surface area contributed by atoms with E-state index >= 15 is 0 Å². The molecule has 2 aromatic carbocycles. The lowest BCUT2D eigenvalue weighted by Gasteiger charge is -2.19. The Balaban J connectivity index is 2.15. The molecule has 0 N–H and O–H groups in total. The van der Waals surface area contributed by atoms with E-state index in [9.17, 15) is 9.18 Å². The molecule has 3 rings (SSSR count). The van der Waals surface area contributed by atoms with E-state index in [0.717, 1.165) is 22.4 Å². The molecule has 2 aromatic rings. The van der Waals surface area contributed by atoms with Gasteiger partial charge in [0.15, 0.2) is 0 Å².